The third-order valence-electron chi connectivity index (χ3n) is 1.81. The zero-order valence-corrected chi connectivity index (χ0v) is 6.81. The van der Waals surface area contributed by atoms with E-state index in [0.29, 0.717) is 6.61 Å². The Labute approximate surface area is 72.0 Å². The SMILES string of the molecule is C1=CCN(c2ccccc2)OC1. The molecule has 0 saturated heterocycles. The van der Waals surface area contributed by atoms with Crippen molar-refractivity contribution in [3.05, 3.63) is 42.5 Å². The van der Waals surface area contributed by atoms with Gasteiger partial charge in [0.1, 0.15) is 0 Å². The molecule has 0 aliphatic carbocycles. The van der Waals surface area contributed by atoms with Crippen molar-refractivity contribution in [2.75, 3.05) is 18.2 Å². The summed E-state index contributed by atoms with van der Waals surface area (Å²) in [4.78, 5) is 5.41. The van der Waals surface area contributed by atoms with Gasteiger partial charge in [-0.25, -0.2) is 0 Å². The molecule has 2 heteroatoms. The molecule has 1 heterocycles. The molecule has 0 aromatic heterocycles. The van der Waals surface area contributed by atoms with Gasteiger partial charge in [-0.15, -0.1) is 0 Å². The van der Waals surface area contributed by atoms with Crippen LogP contribution in [0.4, 0.5) is 5.69 Å². The van der Waals surface area contributed by atoms with Crippen molar-refractivity contribution in [2.24, 2.45) is 0 Å². The van der Waals surface area contributed by atoms with Crippen molar-refractivity contribution in [3.63, 3.8) is 0 Å². The van der Waals surface area contributed by atoms with Crippen LogP contribution < -0.4 is 5.06 Å². The van der Waals surface area contributed by atoms with Crippen LogP contribution in [0.3, 0.4) is 0 Å². The smallest absolute Gasteiger partial charge is 0.0931 e. The summed E-state index contributed by atoms with van der Waals surface area (Å²) in [6, 6.07) is 10.1. The molecule has 1 aromatic rings. The quantitative estimate of drug-likeness (QED) is 0.584. The van der Waals surface area contributed by atoms with Crippen molar-refractivity contribution in [1.29, 1.82) is 0 Å². The first kappa shape index (κ1) is 7.37. The van der Waals surface area contributed by atoms with Crippen molar-refractivity contribution >= 4 is 5.69 Å². The van der Waals surface area contributed by atoms with Crippen LogP contribution in [0.1, 0.15) is 0 Å². The second-order valence-electron chi connectivity index (χ2n) is 2.66. The first-order chi connectivity index (χ1) is 5.97. The Balaban J connectivity index is 2.15. The van der Waals surface area contributed by atoms with Crippen molar-refractivity contribution in [2.45, 2.75) is 0 Å². The van der Waals surface area contributed by atoms with Crippen LogP contribution >= 0.6 is 0 Å². The van der Waals surface area contributed by atoms with E-state index in [0.717, 1.165) is 12.2 Å². The molecule has 2 nitrogen and oxygen atoms in total. The minimum Gasteiger partial charge on any atom is -0.269 e. The Morgan fingerprint density at radius 1 is 1.08 bits per heavy atom. The summed E-state index contributed by atoms with van der Waals surface area (Å²) in [6.45, 7) is 1.51. The van der Waals surface area contributed by atoms with Gasteiger partial charge in [-0.1, -0.05) is 30.4 Å². The molecule has 2 rings (SSSR count). The summed E-state index contributed by atoms with van der Waals surface area (Å²) in [5.41, 5.74) is 1.11. The number of para-hydroxylation sites is 1. The van der Waals surface area contributed by atoms with Gasteiger partial charge < -0.3 is 0 Å². The molecule has 0 spiro atoms. The van der Waals surface area contributed by atoms with E-state index < -0.39 is 0 Å². The van der Waals surface area contributed by atoms with Gasteiger partial charge >= 0.3 is 0 Å². The monoisotopic (exact) mass is 161 g/mol. The van der Waals surface area contributed by atoms with Crippen molar-refractivity contribution in [1.82, 2.24) is 0 Å². The highest BCUT2D eigenvalue weighted by atomic mass is 16.7. The lowest BCUT2D eigenvalue weighted by molar-refractivity contribution is 0.132. The number of anilines is 1. The minimum absolute atomic E-state index is 0.675. The van der Waals surface area contributed by atoms with E-state index >= 15 is 0 Å². The average Bonchev–Trinajstić information content (AvgIpc) is 2.21. The number of hydrogen-bond donors (Lipinski definition) is 0. The van der Waals surface area contributed by atoms with Crippen molar-refractivity contribution < 1.29 is 4.84 Å². The molecule has 12 heavy (non-hydrogen) atoms. The van der Waals surface area contributed by atoms with Gasteiger partial charge in [0.25, 0.3) is 0 Å². The molecule has 0 fully saturated rings. The molecule has 0 N–H and O–H groups in total. The largest absolute Gasteiger partial charge is 0.269 e. The molecule has 62 valence electrons. The fourth-order valence-corrected chi connectivity index (χ4v) is 1.20. The Morgan fingerprint density at radius 3 is 2.58 bits per heavy atom. The number of hydrogen-bond acceptors (Lipinski definition) is 2. The summed E-state index contributed by atoms with van der Waals surface area (Å²) in [5.74, 6) is 0. The van der Waals surface area contributed by atoms with Crippen molar-refractivity contribution in [3.8, 4) is 0 Å². The second kappa shape index (κ2) is 3.41. The van der Waals surface area contributed by atoms with Gasteiger partial charge in [-0.05, 0) is 12.1 Å². The fraction of sp³-hybridized carbons (Fsp3) is 0.200. The van der Waals surface area contributed by atoms with E-state index in [-0.39, 0.29) is 0 Å². The molecule has 0 amide bonds. The van der Waals surface area contributed by atoms with Crippen LogP contribution in [0.2, 0.25) is 0 Å². The molecule has 0 unspecified atom stereocenters. The molecular formula is C10H11NO. The molecule has 1 aromatic carbocycles. The standard InChI is InChI=1S/C10H11NO/c1-2-6-10(7-3-1)11-8-4-5-9-12-11/h1-7H,8-9H2. The van der Waals surface area contributed by atoms with Crippen LogP contribution in [0.25, 0.3) is 0 Å². The summed E-state index contributed by atoms with van der Waals surface area (Å²) in [5, 5.41) is 1.89. The van der Waals surface area contributed by atoms with Gasteiger partial charge in [0.05, 0.1) is 18.8 Å². The number of nitrogens with zero attached hydrogens (tertiary/aromatic N) is 1. The average molecular weight is 161 g/mol. The van der Waals surface area contributed by atoms with Crippen LogP contribution in [0.15, 0.2) is 42.5 Å². The van der Waals surface area contributed by atoms with Gasteiger partial charge in [0.2, 0.25) is 0 Å². The maximum absolute atomic E-state index is 5.41. The van der Waals surface area contributed by atoms with Gasteiger partial charge in [0, 0.05) is 0 Å². The van der Waals surface area contributed by atoms with E-state index in [1.165, 1.54) is 0 Å². The highest BCUT2D eigenvalue weighted by Gasteiger charge is 2.05. The topological polar surface area (TPSA) is 12.5 Å². The first-order valence-corrected chi connectivity index (χ1v) is 4.07. The van der Waals surface area contributed by atoms with E-state index in [4.69, 9.17) is 4.84 Å². The Kier molecular flexibility index (Phi) is 2.10. The predicted molar refractivity (Wildman–Crippen MR) is 48.9 cm³/mol. The molecular weight excluding hydrogens is 150 g/mol. The predicted octanol–water partition coefficient (Wildman–Crippen LogP) is 1.99. The normalized spacial score (nSPS) is 16.5. The summed E-state index contributed by atoms with van der Waals surface area (Å²) in [7, 11) is 0. The minimum atomic E-state index is 0.675. The highest BCUT2D eigenvalue weighted by Crippen LogP contribution is 2.14. The molecule has 1 aliphatic heterocycles. The van der Waals surface area contributed by atoms with Gasteiger partial charge in [-0.3, -0.25) is 9.90 Å². The molecule has 0 bridgehead atoms. The fourth-order valence-electron chi connectivity index (χ4n) is 1.20. The summed E-state index contributed by atoms with van der Waals surface area (Å²) >= 11 is 0. The van der Waals surface area contributed by atoms with Crippen LogP contribution in [0, 0.1) is 0 Å². The molecule has 0 atom stereocenters. The highest BCUT2D eigenvalue weighted by molar-refractivity contribution is 5.44. The number of benzene rings is 1. The van der Waals surface area contributed by atoms with E-state index in [2.05, 4.69) is 6.08 Å². The molecule has 1 aliphatic rings. The van der Waals surface area contributed by atoms with Crippen LogP contribution in [-0.4, -0.2) is 13.2 Å². The lowest BCUT2D eigenvalue weighted by atomic mass is 10.3. The van der Waals surface area contributed by atoms with Crippen LogP contribution in [-0.2, 0) is 4.84 Å². The Hall–Kier alpha value is -1.28. The summed E-state index contributed by atoms with van der Waals surface area (Å²) < 4.78 is 0. The lowest BCUT2D eigenvalue weighted by Crippen LogP contribution is -2.26. The number of hydroxylamine groups is 1. The Morgan fingerprint density at radius 2 is 1.92 bits per heavy atom. The second-order valence-corrected chi connectivity index (χ2v) is 2.66. The van der Waals surface area contributed by atoms with Gasteiger partial charge in [-0.2, -0.15) is 0 Å². The van der Waals surface area contributed by atoms with E-state index in [1.54, 1.807) is 0 Å². The third kappa shape index (κ3) is 1.48. The zero-order valence-electron chi connectivity index (χ0n) is 6.81. The van der Waals surface area contributed by atoms with E-state index in [1.807, 2.05) is 41.5 Å². The van der Waals surface area contributed by atoms with E-state index in [9.17, 15) is 0 Å². The Bertz CT molecular complexity index is 268. The summed E-state index contributed by atoms with van der Waals surface area (Å²) in [6.07, 6.45) is 4.13. The molecule has 0 radical (unpaired) electrons. The lowest BCUT2D eigenvalue weighted by Gasteiger charge is -2.24. The first-order valence-electron chi connectivity index (χ1n) is 4.07. The molecule has 0 saturated carbocycles. The van der Waals surface area contributed by atoms with Crippen LogP contribution in [0.5, 0.6) is 0 Å². The van der Waals surface area contributed by atoms with Gasteiger partial charge in [0.15, 0.2) is 0 Å². The zero-order chi connectivity index (χ0) is 8.23. The maximum Gasteiger partial charge on any atom is 0.0931 e. The maximum atomic E-state index is 5.41. The third-order valence-corrected chi connectivity index (χ3v) is 1.81. The number of rotatable bonds is 1.